The Labute approximate surface area is 64.0 Å². The molecule has 0 aromatic rings. The van der Waals surface area contributed by atoms with Crippen molar-refractivity contribution in [2.75, 3.05) is 0 Å². The van der Waals surface area contributed by atoms with E-state index >= 15 is 0 Å². The predicted molar refractivity (Wildman–Crippen MR) is 44.8 cm³/mol. The first kappa shape index (κ1) is 8.06. The van der Waals surface area contributed by atoms with E-state index in [0.717, 1.165) is 5.92 Å². The first-order chi connectivity index (χ1) is 4.52. The Hall–Kier alpha value is -0.0400. The van der Waals surface area contributed by atoms with Crippen molar-refractivity contribution in [2.24, 2.45) is 17.1 Å². The standard InChI is InChI=1S/C9H19N/c1-7-4-5-9(2,3)8(10)6-7/h7-8H,4-6,10H2,1-3H3. The minimum absolute atomic E-state index is 0.395. The molecule has 1 rings (SSSR count). The summed E-state index contributed by atoms with van der Waals surface area (Å²) in [6.45, 7) is 6.86. The Balaban J connectivity index is 2.52. The highest BCUT2D eigenvalue weighted by atomic mass is 14.7. The second kappa shape index (κ2) is 2.54. The van der Waals surface area contributed by atoms with Crippen LogP contribution in [0.4, 0.5) is 0 Å². The molecule has 0 aliphatic heterocycles. The van der Waals surface area contributed by atoms with Crippen LogP contribution in [0.5, 0.6) is 0 Å². The van der Waals surface area contributed by atoms with E-state index in [9.17, 15) is 0 Å². The van der Waals surface area contributed by atoms with E-state index in [2.05, 4.69) is 20.8 Å². The molecular weight excluding hydrogens is 122 g/mol. The topological polar surface area (TPSA) is 26.0 Å². The molecule has 1 nitrogen and oxygen atoms in total. The molecule has 1 aliphatic carbocycles. The zero-order valence-electron chi connectivity index (χ0n) is 7.35. The van der Waals surface area contributed by atoms with Crippen molar-refractivity contribution in [1.82, 2.24) is 0 Å². The smallest absolute Gasteiger partial charge is 0.00928 e. The van der Waals surface area contributed by atoms with Crippen LogP contribution >= 0.6 is 0 Å². The molecule has 0 aromatic heterocycles. The zero-order valence-corrected chi connectivity index (χ0v) is 7.35. The molecule has 0 amide bonds. The van der Waals surface area contributed by atoms with Gasteiger partial charge in [0.25, 0.3) is 0 Å². The van der Waals surface area contributed by atoms with Gasteiger partial charge in [-0.2, -0.15) is 0 Å². The van der Waals surface area contributed by atoms with Crippen LogP contribution in [0.15, 0.2) is 0 Å². The van der Waals surface area contributed by atoms with Gasteiger partial charge in [0.05, 0.1) is 0 Å². The SMILES string of the molecule is CC1CCC(C)(C)C(N)C1. The Kier molecular flexibility index (Phi) is 2.04. The Morgan fingerprint density at radius 3 is 2.40 bits per heavy atom. The molecule has 0 aromatic carbocycles. The minimum Gasteiger partial charge on any atom is -0.327 e. The monoisotopic (exact) mass is 141 g/mol. The van der Waals surface area contributed by atoms with Crippen LogP contribution in [0, 0.1) is 11.3 Å². The molecule has 1 aliphatic rings. The molecule has 60 valence electrons. The lowest BCUT2D eigenvalue weighted by molar-refractivity contribution is 0.163. The lowest BCUT2D eigenvalue weighted by Crippen LogP contribution is -2.42. The fraction of sp³-hybridized carbons (Fsp3) is 1.00. The van der Waals surface area contributed by atoms with Crippen molar-refractivity contribution in [3.05, 3.63) is 0 Å². The maximum atomic E-state index is 6.00. The van der Waals surface area contributed by atoms with Gasteiger partial charge in [-0.3, -0.25) is 0 Å². The van der Waals surface area contributed by atoms with Crippen molar-refractivity contribution in [3.8, 4) is 0 Å². The Bertz CT molecular complexity index is 118. The van der Waals surface area contributed by atoms with Gasteiger partial charge < -0.3 is 5.73 Å². The molecule has 0 bridgehead atoms. The molecule has 1 saturated carbocycles. The van der Waals surface area contributed by atoms with Crippen molar-refractivity contribution < 1.29 is 0 Å². The van der Waals surface area contributed by atoms with E-state index in [-0.39, 0.29) is 0 Å². The van der Waals surface area contributed by atoms with Crippen molar-refractivity contribution in [3.63, 3.8) is 0 Å². The van der Waals surface area contributed by atoms with Crippen molar-refractivity contribution in [2.45, 2.75) is 46.1 Å². The molecule has 10 heavy (non-hydrogen) atoms. The molecule has 2 atom stereocenters. The predicted octanol–water partition coefficient (Wildman–Crippen LogP) is 2.16. The van der Waals surface area contributed by atoms with Crippen LogP contribution in [-0.2, 0) is 0 Å². The molecular formula is C9H19N. The number of nitrogens with two attached hydrogens (primary N) is 1. The van der Waals surface area contributed by atoms with Crippen LogP contribution < -0.4 is 5.73 Å². The summed E-state index contributed by atoms with van der Waals surface area (Å²) in [7, 11) is 0. The minimum atomic E-state index is 0.395. The van der Waals surface area contributed by atoms with Crippen LogP contribution in [-0.4, -0.2) is 6.04 Å². The van der Waals surface area contributed by atoms with Crippen LogP contribution in [0.3, 0.4) is 0 Å². The third-order valence-corrected chi connectivity index (χ3v) is 2.94. The normalized spacial score (nSPS) is 39.6. The summed E-state index contributed by atoms with van der Waals surface area (Å²) in [5.41, 5.74) is 6.40. The second-order valence-electron chi connectivity index (χ2n) is 4.47. The van der Waals surface area contributed by atoms with Gasteiger partial charge in [0.1, 0.15) is 0 Å². The third-order valence-electron chi connectivity index (χ3n) is 2.94. The maximum absolute atomic E-state index is 6.00. The van der Waals surface area contributed by atoms with Crippen LogP contribution in [0.1, 0.15) is 40.0 Å². The highest BCUT2D eigenvalue weighted by Crippen LogP contribution is 2.36. The molecule has 2 N–H and O–H groups in total. The molecule has 0 spiro atoms. The van der Waals surface area contributed by atoms with Gasteiger partial charge in [0.2, 0.25) is 0 Å². The summed E-state index contributed by atoms with van der Waals surface area (Å²) >= 11 is 0. The van der Waals surface area contributed by atoms with E-state index in [1.807, 2.05) is 0 Å². The third kappa shape index (κ3) is 1.51. The summed E-state index contributed by atoms with van der Waals surface area (Å²) in [4.78, 5) is 0. The number of rotatable bonds is 0. The van der Waals surface area contributed by atoms with E-state index in [1.54, 1.807) is 0 Å². The fourth-order valence-corrected chi connectivity index (χ4v) is 1.67. The highest BCUT2D eigenvalue weighted by Gasteiger charge is 2.31. The van der Waals surface area contributed by atoms with Gasteiger partial charge in [-0.1, -0.05) is 27.2 Å². The van der Waals surface area contributed by atoms with E-state index < -0.39 is 0 Å². The Morgan fingerprint density at radius 1 is 1.40 bits per heavy atom. The first-order valence-electron chi connectivity index (χ1n) is 4.28. The molecule has 1 fully saturated rings. The van der Waals surface area contributed by atoms with E-state index in [4.69, 9.17) is 5.73 Å². The molecule has 0 saturated heterocycles. The Morgan fingerprint density at radius 2 is 2.00 bits per heavy atom. The summed E-state index contributed by atoms with van der Waals surface area (Å²) in [5.74, 6) is 0.850. The molecule has 0 radical (unpaired) electrons. The lowest BCUT2D eigenvalue weighted by Gasteiger charge is -2.38. The molecule has 1 heteroatoms. The van der Waals surface area contributed by atoms with E-state index in [1.165, 1.54) is 19.3 Å². The summed E-state index contributed by atoms with van der Waals surface area (Å²) in [6.07, 6.45) is 3.88. The maximum Gasteiger partial charge on any atom is 0.00928 e. The zero-order chi connectivity index (χ0) is 7.78. The van der Waals surface area contributed by atoms with Crippen LogP contribution in [0.25, 0.3) is 0 Å². The highest BCUT2D eigenvalue weighted by molar-refractivity contribution is 4.87. The first-order valence-corrected chi connectivity index (χ1v) is 4.28. The lowest BCUT2D eigenvalue weighted by atomic mass is 9.70. The average Bonchev–Trinajstić information content (AvgIpc) is 1.81. The fourth-order valence-electron chi connectivity index (χ4n) is 1.67. The second-order valence-corrected chi connectivity index (χ2v) is 4.47. The van der Waals surface area contributed by atoms with E-state index in [0.29, 0.717) is 11.5 Å². The summed E-state index contributed by atoms with van der Waals surface area (Å²) < 4.78 is 0. The van der Waals surface area contributed by atoms with Crippen molar-refractivity contribution in [1.29, 1.82) is 0 Å². The van der Waals surface area contributed by atoms with Gasteiger partial charge >= 0.3 is 0 Å². The van der Waals surface area contributed by atoms with Gasteiger partial charge in [0.15, 0.2) is 0 Å². The summed E-state index contributed by atoms with van der Waals surface area (Å²) in [5, 5.41) is 0. The van der Waals surface area contributed by atoms with Crippen molar-refractivity contribution >= 4 is 0 Å². The quantitative estimate of drug-likeness (QED) is 0.549. The van der Waals surface area contributed by atoms with Gasteiger partial charge in [-0.25, -0.2) is 0 Å². The number of hydrogen-bond donors (Lipinski definition) is 1. The summed E-state index contributed by atoms with van der Waals surface area (Å²) in [6, 6.07) is 0.427. The van der Waals surface area contributed by atoms with Gasteiger partial charge in [-0.15, -0.1) is 0 Å². The molecule has 2 unspecified atom stereocenters. The number of hydrogen-bond acceptors (Lipinski definition) is 1. The largest absolute Gasteiger partial charge is 0.327 e. The average molecular weight is 141 g/mol. The molecule has 0 heterocycles. The van der Waals surface area contributed by atoms with Gasteiger partial charge in [0, 0.05) is 6.04 Å². The van der Waals surface area contributed by atoms with Crippen LogP contribution in [0.2, 0.25) is 0 Å². The van der Waals surface area contributed by atoms with Gasteiger partial charge in [-0.05, 0) is 24.2 Å².